The van der Waals surface area contributed by atoms with Gasteiger partial charge in [-0.2, -0.15) is 23.1 Å². The van der Waals surface area contributed by atoms with E-state index in [2.05, 4.69) is 9.97 Å². The molecule has 1 aromatic heterocycles. The Balaban J connectivity index is 3.06. The van der Waals surface area contributed by atoms with Gasteiger partial charge in [0.2, 0.25) is 17.7 Å². The summed E-state index contributed by atoms with van der Waals surface area (Å²) in [5.41, 5.74) is 5.30. The number of ether oxygens (including phenoxy) is 2. The van der Waals surface area contributed by atoms with Gasteiger partial charge in [0.15, 0.2) is 0 Å². The minimum atomic E-state index is -4.38. The molecular weight excluding hydrogens is 265 g/mol. The lowest BCUT2D eigenvalue weighted by Gasteiger charge is -2.23. The molecule has 0 radical (unpaired) electrons. The second-order valence-corrected chi connectivity index (χ2v) is 3.58. The first-order valence-electron chi connectivity index (χ1n) is 5.38. The fourth-order valence-electron chi connectivity index (χ4n) is 1.36. The molecule has 0 bridgehead atoms. The molecule has 0 unspecified atom stereocenters. The molecule has 0 spiro atoms. The predicted octanol–water partition coefficient (Wildman–Crippen LogP) is 0.821. The van der Waals surface area contributed by atoms with Gasteiger partial charge in [-0.25, -0.2) is 0 Å². The highest BCUT2D eigenvalue weighted by molar-refractivity contribution is 5.37. The van der Waals surface area contributed by atoms with Crippen molar-refractivity contribution in [2.75, 3.05) is 38.8 Å². The standard InChI is InChI=1S/C10H15F3N4O2/c1-18-7-5-8(19-2)16-9(15-7)17(4-3-14)6-10(11,12)13/h5H,3-4,6,14H2,1-2H3. The average molecular weight is 280 g/mol. The summed E-state index contributed by atoms with van der Waals surface area (Å²) in [6.45, 7) is -1.19. The maximum atomic E-state index is 12.5. The van der Waals surface area contributed by atoms with Crippen LogP contribution in [0.5, 0.6) is 11.8 Å². The summed E-state index contributed by atoms with van der Waals surface area (Å²) >= 11 is 0. The number of alkyl halides is 3. The van der Waals surface area contributed by atoms with Crippen LogP contribution >= 0.6 is 0 Å². The Morgan fingerprint density at radius 3 is 2.11 bits per heavy atom. The first-order chi connectivity index (χ1) is 8.89. The van der Waals surface area contributed by atoms with E-state index in [1.807, 2.05) is 0 Å². The number of rotatable bonds is 6. The van der Waals surface area contributed by atoms with Gasteiger partial charge in [-0.05, 0) is 0 Å². The lowest BCUT2D eigenvalue weighted by atomic mass is 10.4. The van der Waals surface area contributed by atoms with Crippen molar-refractivity contribution >= 4 is 5.95 Å². The second kappa shape index (κ2) is 6.41. The van der Waals surface area contributed by atoms with Crippen molar-refractivity contribution in [3.05, 3.63) is 6.07 Å². The zero-order chi connectivity index (χ0) is 14.5. The number of hydrogen-bond donors (Lipinski definition) is 1. The van der Waals surface area contributed by atoms with E-state index in [4.69, 9.17) is 15.2 Å². The highest BCUT2D eigenvalue weighted by Crippen LogP contribution is 2.23. The zero-order valence-corrected chi connectivity index (χ0v) is 10.6. The number of halogens is 3. The number of hydrogen-bond acceptors (Lipinski definition) is 6. The lowest BCUT2D eigenvalue weighted by Crippen LogP contribution is -2.38. The van der Waals surface area contributed by atoms with Crippen molar-refractivity contribution in [1.82, 2.24) is 9.97 Å². The van der Waals surface area contributed by atoms with E-state index in [1.54, 1.807) is 0 Å². The van der Waals surface area contributed by atoms with Gasteiger partial charge in [0.1, 0.15) is 6.54 Å². The predicted molar refractivity (Wildman–Crippen MR) is 62.5 cm³/mol. The van der Waals surface area contributed by atoms with Crippen LogP contribution in [0, 0.1) is 0 Å². The summed E-state index contributed by atoms with van der Waals surface area (Å²) in [4.78, 5) is 8.64. The minimum absolute atomic E-state index is 0.0319. The number of nitrogens with two attached hydrogens (primary N) is 1. The number of aromatic nitrogens is 2. The fourth-order valence-corrected chi connectivity index (χ4v) is 1.36. The highest BCUT2D eigenvalue weighted by atomic mass is 19.4. The van der Waals surface area contributed by atoms with Crippen molar-refractivity contribution in [2.45, 2.75) is 6.18 Å². The molecule has 0 aromatic carbocycles. The molecule has 0 aliphatic heterocycles. The molecule has 2 N–H and O–H groups in total. The van der Waals surface area contributed by atoms with Gasteiger partial charge in [-0.3, -0.25) is 0 Å². The molecule has 108 valence electrons. The van der Waals surface area contributed by atoms with Crippen LogP contribution in [0.1, 0.15) is 0 Å². The van der Waals surface area contributed by atoms with E-state index >= 15 is 0 Å². The van der Waals surface area contributed by atoms with Gasteiger partial charge in [-0.1, -0.05) is 0 Å². The molecule has 0 aliphatic carbocycles. The van der Waals surface area contributed by atoms with Crippen LogP contribution in [0.2, 0.25) is 0 Å². The first kappa shape index (κ1) is 15.3. The summed E-state index contributed by atoms with van der Waals surface area (Å²) in [6, 6.07) is 1.37. The molecule has 0 aliphatic rings. The zero-order valence-electron chi connectivity index (χ0n) is 10.6. The summed E-state index contributed by atoms with van der Waals surface area (Å²) < 4.78 is 47.2. The van der Waals surface area contributed by atoms with E-state index in [0.29, 0.717) is 0 Å². The fraction of sp³-hybridized carbons (Fsp3) is 0.600. The SMILES string of the molecule is COc1cc(OC)nc(N(CCN)CC(F)(F)F)n1. The van der Waals surface area contributed by atoms with E-state index in [9.17, 15) is 13.2 Å². The molecule has 6 nitrogen and oxygen atoms in total. The average Bonchev–Trinajstić information content (AvgIpc) is 2.36. The van der Waals surface area contributed by atoms with Gasteiger partial charge in [0.25, 0.3) is 0 Å². The normalized spacial score (nSPS) is 11.3. The van der Waals surface area contributed by atoms with E-state index in [-0.39, 0.29) is 30.8 Å². The summed E-state index contributed by atoms with van der Waals surface area (Å²) in [7, 11) is 2.70. The van der Waals surface area contributed by atoms with Crippen molar-refractivity contribution in [1.29, 1.82) is 0 Å². The van der Waals surface area contributed by atoms with E-state index < -0.39 is 12.7 Å². The van der Waals surface area contributed by atoms with Crippen molar-refractivity contribution in [2.24, 2.45) is 5.73 Å². The summed E-state index contributed by atoms with van der Waals surface area (Å²) in [6.07, 6.45) is -4.38. The third kappa shape index (κ3) is 4.78. The quantitative estimate of drug-likeness (QED) is 0.831. The van der Waals surface area contributed by atoms with Crippen LogP contribution in [-0.4, -0.2) is 50.0 Å². The van der Waals surface area contributed by atoms with Crippen LogP contribution in [0.4, 0.5) is 19.1 Å². The Bertz CT molecular complexity index is 392. The first-order valence-corrected chi connectivity index (χ1v) is 5.38. The second-order valence-electron chi connectivity index (χ2n) is 3.58. The van der Waals surface area contributed by atoms with E-state index in [1.165, 1.54) is 20.3 Å². The number of anilines is 1. The molecule has 0 saturated carbocycles. The largest absolute Gasteiger partial charge is 0.481 e. The van der Waals surface area contributed by atoms with Crippen molar-refractivity contribution in [3.63, 3.8) is 0 Å². The molecule has 9 heteroatoms. The molecule has 0 fully saturated rings. The molecule has 1 rings (SSSR count). The summed E-state index contributed by atoms with van der Waals surface area (Å²) in [5, 5.41) is 0. The Morgan fingerprint density at radius 2 is 1.74 bits per heavy atom. The van der Waals surface area contributed by atoms with Gasteiger partial charge >= 0.3 is 6.18 Å². The molecule has 1 aromatic rings. The molecule has 19 heavy (non-hydrogen) atoms. The maximum absolute atomic E-state index is 12.5. The smallest absolute Gasteiger partial charge is 0.406 e. The molecule has 0 amide bonds. The van der Waals surface area contributed by atoms with Crippen molar-refractivity contribution in [3.8, 4) is 11.8 Å². The van der Waals surface area contributed by atoms with Crippen LogP contribution in [0.3, 0.4) is 0 Å². The Labute approximate surface area is 108 Å². The molecule has 0 saturated heterocycles. The highest BCUT2D eigenvalue weighted by Gasteiger charge is 2.32. The minimum Gasteiger partial charge on any atom is -0.481 e. The van der Waals surface area contributed by atoms with Crippen LogP contribution in [0.15, 0.2) is 6.07 Å². The van der Waals surface area contributed by atoms with Gasteiger partial charge in [0.05, 0.1) is 20.3 Å². The third-order valence-electron chi connectivity index (χ3n) is 2.14. The number of methoxy groups -OCH3 is 2. The molecule has 0 atom stereocenters. The Kier molecular flexibility index (Phi) is 5.16. The lowest BCUT2D eigenvalue weighted by molar-refractivity contribution is -0.119. The molecular formula is C10H15F3N4O2. The molecule has 1 heterocycles. The monoisotopic (exact) mass is 280 g/mol. The van der Waals surface area contributed by atoms with Gasteiger partial charge in [-0.15, -0.1) is 0 Å². The van der Waals surface area contributed by atoms with Gasteiger partial charge in [0, 0.05) is 13.1 Å². The van der Waals surface area contributed by atoms with Crippen LogP contribution in [0.25, 0.3) is 0 Å². The maximum Gasteiger partial charge on any atom is 0.406 e. The van der Waals surface area contributed by atoms with Gasteiger partial charge < -0.3 is 20.1 Å². The van der Waals surface area contributed by atoms with Crippen LogP contribution in [-0.2, 0) is 0 Å². The van der Waals surface area contributed by atoms with E-state index in [0.717, 1.165) is 4.90 Å². The summed E-state index contributed by atoms with van der Waals surface area (Å²) in [5.74, 6) is 0.0936. The third-order valence-corrected chi connectivity index (χ3v) is 2.14. The van der Waals surface area contributed by atoms with Crippen LogP contribution < -0.4 is 20.1 Å². The van der Waals surface area contributed by atoms with Crippen molar-refractivity contribution < 1.29 is 22.6 Å². The Morgan fingerprint density at radius 1 is 1.21 bits per heavy atom. The Hall–Kier alpha value is -1.77. The number of nitrogens with zero attached hydrogens (tertiary/aromatic N) is 3. The topological polar surface area (TPSA) is 73.5 Å².